The van der Waals surface area contributed by atoms with Crippen LogP contribution in [-0.4, -0.2) is 12.5 Å². The molecule has 1 amide bonds. The molecular formula is C13H12ClNO2. The van der Waals surface area contributed by atoms with Gasteiger partial charge < -0.3 is 9.73 Å². The van der Waals surface area contributed by atoms with Gasteiger partial charge in [-0.1, -0.05) is 23.7 Å². The van der Waals surface area contributed by atoms with Crippen LogP contribution < -0.4 is 5.32 Å². The van der Waals surface area contributed by atoms with Gasteiger partial charge in [0.2, 0.25) is 0 Å². The Hall–Kier alpha value is -1.74. The van der Waals surface area contributed by atoms with Gasteiger partial charge in [-0.15, -0.1) is 0 Å². The largest absolute Gasteiger partial charge is 0.472 e. The Morgan fingerprint density at radius 3 is 2.82 bits per heavy atom. The average Bonchev–Trinajstić information content (AvgIpc) is 2.82. The zero-order chi connectivity index (χ0) is 12.1. The predicted octanol–water partition coefficient (Wildman–Crippen LogP) is 2.91. The second-order valence-corrected chi connectivity index (χ2v) is 4.02. The van der Waals surface area contributed by atoms with E-state index in [2.05, 4.69) is 5.32 Å². The van der Waals surface area contributed by atoms with Gasteiger partial charge >= 0.3 is 0 Å². The van der Waals surface area contributed by atoms with E-state index in [0.717, 1.165) is 12.0 Å². The lowest BCUT2D eigenvalue weighted by Gasteiger charge is -2.05. The molecule has 2 rings (SSSR count). The predicted molar refractivity (Wildman–Crippen MR) is 66.2 cm³/mol. The highest BCUT2D eigenvalue weighted by Gasteiger charge is 2.08. The zero-order valence-electron chi connectivity index (χ0n) is 9.15. The summed E-state index contributed by atoms with van der Waals surface area (Å²) in [6, 6.07) is 8.87. The molecule has 0 spiro atoms. The van der Waals surface area contributed by atoms with Gasteiger partial charge in [-0.25, -0.2) is 0 Å². The lowest BCUT2D eigenvalue weighted by Crippen LogP contribution is -2.25. The van der Waals surface area contributed by atoms with Crippen molar-refractivity contribution in [2.45, 2.75) is 6.42 Å². The van der Waals surface area contributed by atoms with Crippen LogP contribution in [0, 0.1) is 0 Å². The highest BCUT2D eigenvalue weighted by molar-refractivity contribution is 6.33. The number of hydrogen-bond donors (Lipinski definition) is 1. The van der Waals surface area contributed by atoms with Gasteiger partial charge in [-0.2, -0.15) is 0 Å². The van der Waals surface area contributed by atoms with Gasteiger partial charge in [0.05, 0.1) is 23.1 Å². The maximum absolute atomic E-state index is 11.8. The third-order valence-electron chi connectivity index (χ3n) is 2.40. The van der Waals surface area contributed by atoms with Crippen molar-refractivity contribution >= 4 is 17.5 Å². The Balaban J connectivity index is 1.88. The van der Waals surface area contributed by atoms with Gasteiger partial charge in [-0.05, 0) is 30.2 Å². The standard InChI is InChI=1S/C13H12ClNO2/c14-12-4-2-1-3-11(12)13(16)15-7-5-10-6-8-17-9-10/h1-4,6,8-9H,5,7H2,(H,15,16). The number of furan rings is 1. The number of nitrogens with one attached hydrogen (secondary N) is 1. The van der Waals surface area contributed by atoms with Crippen LogP contribution >= 0.6 is 11.6 Å². The number of benzene rings is 1. The third kappa shape index (κ3) is 3.11. The summed E-state index contributed by atoms with van der Waals surface area (Å²) in [6.45, 7) is 0.559. The van der Waals surface area contributed by atoms with Crippen LogP contribution in [0.4, 0.5) is 0 Å². The van der Waals surface area contributed by atoms with E-state index in [1.807, 2.05) is 6.07 Å². The number of carbonyl (C=O) groups is 1. The Morgan fingerprint density at radius 1 is 1.29 bits per heavy atom. The van der Waals surface area contributed by atoms with Gasteiger partial charge in [-0.3, -0.25) is 4.79 Å². The van der Waals surface area contributed by atoms with E-state index in [9.17, 15) is 4.79 Å². The zero-order valence-corrected chi connectivity index (χ0v) is 9.91. The first-order valence-corrected chi connectivity index (χ1v) is 5.69. The maximum Gasteiger partial charge on any atom is 0.252 e. The number of carbonyl (C=O) groups excluding carboxylic acids is 1. The van der Waals surface area contributed by atoms with Crippen LogP contribution in [0.15, 0.2) is 47.3 Å². The molecule has 1 heterocycles. The van der Waals surface area contributed by atoms with Gasteiger partial charge in [0.1, 0.15) is 0 Å². The molecule has 3 nitrogen and oxygen atoms in total. The molecule has 0 atom stereocenters. The molecule has 4 heteroatoms. The lowest BCUT2D eigenvalue weighted by molar-refractivity contribution is 0.0954. The van der Waals surface area contributed by atoms with Crippen LogP contribution in [0.5, 0.6) is 0 Å². The van der Waals surface area contributed by atoms with Crippen molar-refractivity contribution in [1.82, 2.24) is 5.32 Å². The molecule has 0 aliphatic rings. The maximum atomic E-state index is 11.8. The molecular weight excluding hydrogens is 238 g/mol. The molecule has 1 aromatic carbocycles. The minimum atomic E-state index is -0.154. The summed E-state index contributed by atoms with van der Waals surface area (Å²) >= 11 is 5.92. The third-order valence-corrected chi connectivity index (χ3v) is 2.73. The molecule has 88 valence electrons. The Morgan fingerprint density at radius 2 is 2.12 bits per heavy atom. The summed E-state index contributed by atoms with van der Waals surface area (Å²) in [4.78, 5) is 11.8. The van der Waals surface area contributed by atoms with E-state index in [1.54, 1.807) is 36.8 Å². The summed E-state index contributed by atoms with van der Waals surface area (Å²) in [6.07, 6.45) is 4.03. The fourth-order valence-electron chi connectivity index (χ4n) is 1.50. The summed E-state index contributed by atoms with van der Waals surface area (Å²) in [5.74, 6) is -0.154. The van der Waals surface area contributed by atoms with Crippen molar-refractivity contribution in [1.29, 1.82) is 0 Å². The van der Waals surface area contributed by atoms with E-state index in [0.29, 0.717) is 17.1 Å². The van der Waals surface area contributed by atoms with Gasteiger partial charge in [0.15, 0.2) is 0 Å². The number of halogens is 1. The van der Waals surface area contributed by atoms with Gasteiger partial charge in [0.25, 0.3) is 5.91 Å². The number of hydrogen-bond acceptors (Lipinski definition) is 2. The first-order valence-electron chi connectivity index (χ1n) is 5.31. The van der Waals surface area contributed by atoms with Crippen molar-refractivity contribution in [3.8, 4) is 0 Å². The van der Waals surface area contributed by atoms with Crippen molar-refractivity contribution in [2.75, 3.05) is 6.54 Å². The van der Waals surface area contributed by atoms with Crippen molar-refractivity contribution in [3.05, 3.63) is 59.0 Å². The smallest absolute Gasteiger partial charge is 0.252 e. The molecule has 0 aliphatic heterocycles. The highest BCUT2D eigenvalue weighted by atomic mass is 35.5. The molecule has 0 unspecified atom stereocenters. The van der Waals surface area contributed by atoms with Crippen molar-refractivity contribution < 1.29 is 9.21 Å². The van der Waals surface area contributed by atoms with Crippen LogP contribution in [0.3, 0.4) is 0 Å². The van der Waals surface area contributed by atoms with E-state index in [1.165, 1.54) is 0 Å². The molecule has 2 aromatic rings. The van der Waals surface area contributed by atoms with Crippen molar-refractivity contribution in [3.63, 3.8) is 0 Å². The van der Waals surface area contributed by atoms with Gasteiger partial charge in [0, 0.05) is 6.54 Å². The van der Waals surface area contributed by atoms with Crippen LogP contribution in [0.25, 0.3) is 0 Å². The second-order valence-electron chi connectivity index (χ2n) is 3.62. The summed E-state index contributed by atoms with van der Waals surface area (Å²) in [5, 5.41) is 3.28. The Kier molecular flexibility index (Phi) is 3.83. The average molecular weight is 250 g/mol. The molecule has 0 saturated carbocycles. The Labute approximate surface area is 104 Å². The van der Waals surface area contributed by atoms with Crippen LogP contribution in [0.2, 0.25) is 5.02 Å². The molecule has 1 aromatic heterocycles. The van der Waals surface area contributed by atoms with E-state index >= 15 is 0 Å². The van der Waals surface area contributed by atoms with E-state index in [4.69, 9.17) is 16.0 Å². The van der Waals surface area contributed by atoms with Crippen LogP contribution in [0.1, 0.15) is 15.9 Å². The molecule has 0 fully saturated rings. The molecule has 0 aliphatic carbocycles. The first kappa shape index (κ1) is 11.7. The monoisotopic (exact) mass is 249 g/mol. The normalized spacial score (nSPS) is 10.2. The Bertz CT molecular complexity index is 494. The first-order chi connectivity index (χ1) is 8.27. The van der Waals surface area contributed by atoms with E-state index in [-0.39, 0.29) is 5.91 Å². The molecule has 0 radical (unpaired) electrons. The SMILES string of the molecule is O=C(NCCc1ccoc1)c1ccccc1Cl. The quantitative estimate of drug-likeness (QED) is 0.905. The van der Waals surface area contributed by atoms with Crippen LogP contribution in [-0.2, 0) is 6.42 Å². The number of amides is 1. The second kappa shape index (κ2) is 5.55. The number of rotatable bonds is 4. The topological polar surface area (TPSA) is 42.2 Å². The van der Waals surface area contributed by atoms with Crippen molar-refractivity contribution in [2.24, 2.45) is 0 Å². The summed E-state index contributed by atoms with van der Waals surface area (Å²) < 4.78 is 4.94. The fourth-order valence-corrected chi connectivity index (χ4v) is 1.72. The summed E-state index contributed by atoms with van der Waals surface area (Å²) in [7, 11) is 0. The summed E-state index contributed by atoms with van der Waals surface area (Å²) in [5.41, 5.74) is 1.56. The molecule has 0 saturated heterocycles. The lowest BCUT2D eigenvalue weighted by atomic mass is 10.2. The molecule has 0 bridgehead atoms. The minimum absolute atomic E-state index is 0.154. The van der Waals surface area contributed by atoms with E-state index < -0.39 is 0 Å². The molecule has 1 N–H and O–H groups in total. The minimum Gasteiger partial charge on any atom is -0.472 e. The molecule has 17 heavy (non-hydrogen) atoms. The highest BCUT2D eigenvalue weighted by Crippen LogP contribution is 2.14. The fraction of sp³-hybridized carbons (Fsp3) is 0.154.